The highest BCUT2D eigenvalue weighted by Crippen LogP contribution is 2.53. The van der Waals surface area contributed by atoms with Crippen LogP contribution in [0, 0.1) is 5.41 Å². The molecule has 1 heterocycles. The Labute approximate surface area is 170 Å². The lowest BCUT2D eigenvalue weighted by Crippen LogP contribution is -2.44. The molecule has 3 rings (SSSR count). The number of thioether (sulfide) groups is 1. The second kappa shape index (κ2) is 9.49. The van der Waals surface area contributed by atoms with Crippen LogP contribution in [-0.4, -0.2) is 48.4 Å². The van der Waals surface area contributed by atoms with Crippen molar-refractivity contribution in [2.24, 2.45) is 11.1 Å². The van der Waals surface area contributed by atoms with Crippen LogP contribution in [0.3, 0.4) is 0 Å². The maximum Gasteiger partial charge on any atom is 0.0572 e. The number of nitrogens with two attached hydrogens (primary N) is 1. The molecule has 0 aromatic heterocycles. The number of rotatable bonds is 9. The first-order valence-electron chi connectivity index (χ1n) is 10.6. The molecule has 1 aliphatic carbocycles. The molecule has 1 atom stereocenters. The first-order chi connectivity index (χ1) is 13.1. The molecule has 0 spiro atoms. The average Bonchev–Trinajstić information content (AvgIpc) is 3.49. The van der Waals surface area contributed by atoms with Gasteiger partial charge in [-0.15, -0.1) is 11.8 Å². The average molecular weight is 388 g/mol. The summed E-state index contributed by atoms with van der Waals surface area (Å²) in [4.78, 5) is 6.26. The zero-order valence-electron chi connectivity index (χ0n) is 17.3. The SMILES string of the molecule is C=C(c1cccc(SC)c1)N1CCCN(C(N)CCC2(CCC)CC2)CC1. The molecule has 1 aromatic rings. The summed E-state index contributed by atoms with van der Waals surface area (Å²) in [7, 11) is 0. The Hall–Kier alpha value is -0.970. The van der Waals surface area contributed by atoms with Gasteiger partial charge in [-0.25, -0.2) is 0 Å². The van der Waals surface area contributed by atoms with Gasteiger partial charge >= 0.3 is 0 Å². The van der Waals surface area contributed by atoms with Gasteiger partial charge in [0.2, 0.25) is 0 Å². The Bertz CT molecular complexity index is 626. The van der Waals surface area contributed by atoms with E-state index in [0.717, 1.165) is 44.7 Å². The highest BCUT2D eigenvalue weighted by atomic mass is 32.2. The van der Waals surface area contributed by atoms with E-state index >= 15 is 0 Å². The van der Waals surface area contributed by atoms with Crippen LogP contribution in [0.2, 0.25) is 0 Å². The van der Waals surface area contributed by atoms with Gasteiger partial charge in [0.1, 0.15) is 0 Å². The van der Waals surface area contributed by atoms with E-state index in [2.05, 4.69) is 53.8 Å². The molecule has 4 heteroatoms. The van der Waals surface area contributed by atoms with Gasteiger partial charge in [-0.3, -0.25) is 4.90 Å². The van der Waals surface area contributed by atoms with Crippen LogP contribution in [0.1, 0.15) is 57.4 Å². The van der Waals surface area contributed by atoms with Gasteiger partial charge in [-0.05, 0) is 67.9 Å². The van der Waals surface area contributed by atoms with Crippen molar-refractivity contribution in [3.63, 3.8) is 0 Å². The standard InChI is InChI=1S/C23H37N3S/c1-4-10-23(12-13-23)11-9-22(24)26-15-6-14-25(16-17-26)19(2)20-7-5-8-21(18-20)27-3/h5,7-8,18,22H,2,4,6,9-17,24H2,1,3H3. The highest BCUT2D eigenvalue weighted by molar-refractivity contribution is 7.98. The molecule has 1 saturated carbocycles. The quantitative estimate of drug-likeness (QED) is 0.602. The van der Waals surface area contributed by atoms with Crippen LogP contribution in [0.5, 0.6) is 0 Å². The summed E-state index contributed by atoms with van der Waals surface area (Å²) < 4.78 is 0. The van der Waals surface area contributed by atoms with Crippen LogP contribution < -0.4 is 5.73 Å². The molecule has 27 heavy (non-hydrogen) atoms. The van der Waals surface area contributed by atoms with E-state index in [0.29, 0.717) is 5.41 Å². The second-order valence-electron chi connectivity index (χ2n) is 8.41. The van der Waals surface area contributed by atoms with Crippen LogP contribution in [0.15, 0.2) is 35.7 Å². The molecule has 0 amide bonds. The lowest BCUT2D eigenvalue weighted by molar-refractivity contribution is 0.185. The third-order valence-corrected chi connectivity index (χ3v) is 7.22. The van der Waals surface area contributed by atoms with E-state index in [1.54, 1.807) is 11.8 Å². The molecule has 0 radical (unpaired) electrons. The van der Waals surface area contributed by atoms with Gasteiger partial charge in [0.25, 0.3) is 0 Å². The summed E-state index contributed by atoms with van der Waals surface area (Å²) in [5.74, 6) is 0. The lowest BCUT2D eigenvalue weighted by atomic mass is 9.94. The molecule has 1 unspecified atom stereocenters. The third-order valence-electron chi connectivity index (χ3n) is 6.49. The Kier molecular flexibility index (Phi) is 7.29. The normalized spacial score (nSPS) is 20.9. The predicted octanol–water partition coefficient (Wildman–Crippen LogP) is 5.03. The number of nitrogens with zero attached hydrogens (tertiary/aromatic N) is 2. The maximum absolute atomic E-state index is 6.60. The number of benzene rings is 1. The van der Waals surface area contributed by atoms with Gasteiger partial charge in [-0.1, -0.05) is 32.1 Å². The van der Waals surface area contributed by atoms with E-state index in [1.807, 2.05) is 0 Å². The molecule has 0 bridgehead atoms. The summed E-state index contributed by atoms with van der Waals surface area (Å²) in [5.41, 5.74) is 9.65. The van der Waals surface area contributed by atoms with Crippen molar-refractivity contribution in [2.75, 3.05) is 32.4 Å². The molecule has 150 valence electrons. The molecule has 1 aliphatic heterocycles. The minimum atomic E-state index is 0.215. The summed E-state index contributed by atoms with van der Waals surface area (Å²) >= 11 is 1.79. The van der Waals surface area contributed by atoms with Crippen LogP contribution in [0.25, 0.3) is 5.70 Å². The topological polar surface area (TPSA) is 32.5 Å². The third kappa shape index (κ3) is 5.52. The zero-order chi connectivity index (χ0) is 19.3. The second-order valence-corrected chi connectivity index (χ2v) is 9.29. The van der Waals surface area contributed by atoms with Crippen LogP contribution in [-0.2, 0) is 0 Å². The molecule has 1 aromatic carbocycles. The predicted molar refractivity (Wildman–Crippen MR) is 119 cm³/mol. The molecular weight excluding hydrogens is 350 g/mol. The molecule has 3 nitrogen and oxygen atoms in total. The van der Waals surface area contributed by atoms with Crippen molar-refractivity contribution >= 4 is 17.5 Å². The van der Waals surface area contributed by atoms with Gasteiger partial charge in [0.05, 0.1) is 6.17 Å². The van der Waals surface area contributed by atoms with Crippen molar-refractivity contribution in [3.05, 3.63) is 36.4 Å². The lowest BCUT2D eigenvalue weighted by Gasteiger charge is -2.29. The highest BCUT2D eigenvalue weighted by Gasteiger charge is 2.41. The Morgan fingerprint density at radius 3 is 2.74 bits per heavy atom. The minimum absolute atomic E-state index is 0.215. The van der Waals surface area contributed by atoms with Crippen molar-refractivity contribution < 1.29 is 0 Å². The molecule has 1 saturated heterocycles. The van der Waals surface area contributed by atoms with E-state index in [4.69, 9.17) is 5.73 Å². The molecule has 2 N–H and O–H groups in total. The fraction of sp³-hybridized carbons (Fsp3) is 0.652. The number of hydrogen-bond acceptors (Lipinski definition) is 4. The fourth-order valence-corrected chi connectivity index (χ4v) is 4.95. The van der Waals surface area contributed by atoms with Crippen molar-refractivity contribution in [1.82, 2.24) is 9.80 Å². The summed E-state index contributed by atoms with van der Waals surface area (Å²) in [6, 6.07) is 8.73. The Balaban J connectivity index is 1.51. The maximum atomic E-state index is 6.60. The molecule has 2 aliphatic rings. The van der Waals surface area contributed by atoms with E-state index < -0.39 is 0 Å². The van der Waals surface area contributed by atoms with Gasteiger partial charge in [-0.2, -0.15) is 0 Å². The fourth-order valence-electron chi connectivity index (χ4n) is 4.49. The van der Waals surface area contributed by atoms with E-state index in [1.165, 1.54) is 42.6 Å². The van der Waals surface area contributed by atoms with Gasteiger partial charge in [0, 0.05) is 36.8 Å². The molecular formula is C23H37N3S. The van der Waals surface area contributed by atoms with Crippen molar-refractivity contribution in [2.45, 2.75) is 62.9 Å². The van der Waals surface area contributed by atoms with Crippen molar-refractivity contribution in [1.29, 1.82) is 0 Å². The van der Waals surface area contributed by atoms with Gasteiger partial charge < -0.3 is 10.6 Å². The Morgan fingerprint density at radius 2 is 2.04 bits per heavy atom. The summed E-state index contributed by atoms with van der Waals surface area (Å²) in [6.45, 7) is 11.0. The Morgan fingerprint density at radius 1 is 1.22 bits per heavy atom. The van der Waals surface area contributed by atoms with Gasteiger partial charge in [0.15, 0.2) is 0 Å². The molecule has 2 fully saturated rings. The van der Waals surface area contributed by atoms with E-state index in [9.17, 15) is 0 Å². The zero-order valence-corrected chi connectivity index (χ0v) is 18.1. The van der Waals surface area contributed by atoms with Crippen molar-refractivity contribution in [3.8, 4) is 0 Å². The van der Waals surface area contributed by atoms with Crippen LogP contribution >= 0.6 is 11.8 Å². The smallest absolute Gasteiger partial charge is 0.0572 e. The first kappa shape index (κ1) is 20.8. The monoisotopic (exact) mass is 387 g/mol. The summed E-state index contributed by atoms with van der Waals surface area (Å²) in [5, 5.41) is 0. The minimum Gasteiger partial charge on any atom is -0.370 e. The van der Waals surface area contributed by atoms with E-state index in [-0.39, 0.29) is 6.17 Å². The largest absolute Gasteiger partial charge is 0.370 e. The van der Waals surface area contributed by atoms with Crippen LogP contribution in [0.4, 0.5) is 0 Å². The summed E-state index contributed by atoms with van der Waals surface area (Å²) in [6.07, 6.45) is 11.5. The number of hydrogen-bond donors (Lipinski definition) is 1. The first-order valence-corrected chi connectivity index (χ1v) is 11.9.